The van der Waals surface area contributed by atoms with Crippen LogP contribution in [0.4, 0.5) is 5.82 Å². The third kappa shape index (κ3) is 14.5. The average Bonchev–Trinajstić information content (AvgIpc) is 3.62. The molecular formula is C25H40N7O19P3S. The lowest BCUT2D eigenvalue weighted by atomic mass is 9.87. The minimum atomic E-state index is -5.58. The van der Waals surface area contributed by atoms with Crippen LogP contribution in [0.3, 0.4) is 0 Å². The van der Waals surface area contributed by atoms with Crippen molar-refractivity contribution in [3.05, 3.63) is 12.7 Å². The van der Waals surface area contributed by atoms with E-state index in [2.05, 4.69) is 34.4 Å². The van der Waals surface area contributed by atoms with E-state index in [9.17, 15) is 62.7 Å². The summed E-state index contributed by atoms with van der Waals surface area (Å²) in [4.78, 5) is 97.4. The number of phosphoric ester groups is 3. The number of phosphoric acid groups is 3. The van der Waals surface area contributed by atoms with E-state index in [1.165, 1.54) is 20.8 Å². The van der Waals surface area contributed by atoms with E-state index < -0.39 is 90.5 Å². The Kier molecular flexibility index (Phi) is 16.4. The standard InChI is InChI=1S/C25H40N7O19P3S/c1-13(33)8-16(35)50-55-7-6-27-15(34)4-5-28-23(38)20(37)25(2,3)10-47-54(44,45)51-53(42,43)46-9-14-19(49-52(39,40)41)18(36)24(48-14)32-12-31-17-21(26)29-11-30-22(17)32/h11-12,14,18-20,24,36-37H,4-10H2,1-3H3,(H,27,34)(H,28,38)(H,42,43)(H,44,45)(H2,26,29,30)(H2,39,40,41)/t14-,18-,19-,20+,24-/m1/s1. The Labute approximate surface area is 315 Å². The molecule has 2 aromatic rings. The molecule has 0 radical (unpaired) electrons. The number of aromatic nitrogens is 4. The highest BCUT2D eigenvalue weighted by Crippen LogP contribution is 2.61. The summed E-state index contributed by atoms with van der Waals surface area (Å²) >= 11 is 0.734. The molecule has 10 N–H and O–H groups in total. The SMILES string of the molecule is CC(=O)CC(=O)OSCCNC(=O)CCNC(=O)[C@H](O)C(C)(C)COP(=O)(O)OP(=O)(O)OC[C@H]1O[C@@H](n2cnc3c(N)ncnc32)[C@H](O)[C@@H]1OP(=O)(O)O. The minimum Gasteiger partial charge on any atom is -0.391 e. The van der Waals surface area contributed by atoms with Crippen LogP contribution in [0.15, 0.2) is 12.7 Å². The van der Waals surface area contributed by atoms with Crippen LogP contribution in [0.1, 0.15) is 39.8 Å². The molecule has 0 aromatic carbocycles. The Bertz CT molecular complexity index is 1850. The van der Waals surface area contributed by atoms with Gasteiger partial charge < -0.3 is 55.1 Å². The molecule has 26 nitrogen and oxygen atoms in total. The summed E-state index contributed by atoms with van der Waals surface area (Å²) in [6.07, 6.45) is -7.43. The number of amides is 2. The van der Waals surface area contributed by atoms with Crippen molar-refractivity contribution < 1.29 is 89.5 Å². The van der Waals surface area contributed by atoms with E-state index in [4.69, 9.17) is 23.7 Å². The molecule has 1 fully saturated rings. The van der Waals surface area contributed by atoms with Crippen LogP contribution >= 0.6 is 35.5 Å². The van der Waals surface area contributed by atoms with E-state index in [0.717, 1.165) is 29.3 Å². The molecule has 2 amide bonds. The second-order valence-electron chi connectivity index (χ2n) is 12.2. The number of nitrogens with zero attached hydrogens (tertiary/aromatic N) is 4. The van der Waals surface area contributed by atoms with Crippen molar-refractivity contribution in [1.29, 1.82) is 0 Å². The number of nitrogens with two attached hydrogens (primary N) is 1. The summed E-state index contributed by atoms with van der Waals surface area (Å²) in [6.45, 7) is 1.48. The highest BCUT2D eigenvalue weighted by Gasteiger charge is 2.50. The van der Waals surface area contributed by atoms with E-state index >= 15 is 0 Å². The molecule has 55 heavy (non-hydrogen) atoms. The number of nitrogens with one attached hydrogen (secondary N) is 2. The lowest BCUT2D eigenvalue weighted by Gasteiger charge is -2.30. The molecule has 310 valence electrons. The third-order valence-electron chi connectivity index (χ3n) is 7.13. The molecule has 0 saturated carbocycles. The number of ketones is 1. The van der Waals surface area contributed by atoms with Crippen LogP contribution in [0.5, 0.6) is 0 Å². The number of anilines is 1. The predicted octanol–water partition coefficient (Wildman–Crippen LogP) is -1.42. The van der Waals surface area contributed by atoms with Gasteiger partial charge in [0.2, 0.25) is 11.8 Å². The molecule has 1 aliphatic heterocycles. The maximum atomic E-state index is 12.6. The molecular weight excluding hydrogens is 827 g/mol. The second kappa shape index (κ2) is 19.5. The van der Waals surface area contributed by atoms with Crippen molar-refractivity contribution in [2.45, 2.75) is 64.3 Å². The van der Waals surface area contributed by atoms with E-state index in [1.807, 2.05) is 0 Å². The molecule has 1 aliphatic rings. The zero-order chi connectivity index (χ0) is 41.4. The molecule has 2 aromatic heterocycles. The maximum Gasteiger partial charge on any atom is 0.481 e. The first-order valence-electron chi connectivity index (χ1n) is 15.6. The number of Topliss-reactive ketones (excluding diaryl/α,β-unsaturated/α-hetero) is 1. The van der Waals surface area contributed by atoms with Crippen molar-refractivity contribution in [2.24, 2.45) is 5.41 Å². The van der Waals surface area contributed by atoms with Gasteiger partial charge in [-0.3, -0.25) is 37.3 Å². The summed E-state index contributed by atoms with van der Waals surface area (Å²) < 4.78 is 66.6. The summed E-state index contributed by atoms with van der Waals surface area (Å²) in [5.41, 5.74) is 4.21. The maximum absolute atomic E-state index is 12.6. The molecule has 3 heterocycles. The number of nitrogen functional groups attached to an aromatic ring is 1. The molecule has 7 atom stereocenters. The van der Waals surface area contributed by atoms with Gasteiger partial charge in [-0.15, -0.1) is 0 Å². The summed E-state index contributed by atoms with van der Waals surface area (Å²) in [7, 11) is -16.4. The third-order valence-corrected chi connectivity index (χ3v) is 10.9. The Hall–Kier alpha value is -2.97. The van der Waals surface area contributed by atoms with E-state index in [0.29, 0.717) is 0 Å². The molecule has 0 bridgehead atoms. The molecule has 0 aliphatic carbocycles. The number of fused-ring (bicyclic) bond motifs is 1. The number of carbonyl (C=O) groups excluding carboxylic acids is 4. The number of aliphatic hydroxyl groups is 2. The van der Waals surface area contributed by atoms with Gasteiger partial charge in [0.15, 0.2) is 17.7 Å². The van der Waals surface area contributed by atoms with Gasteiger partial charge in [-0.05, 0) is 6.92 Å². The first kappa shape index (κ1) is 46.4. The molecule has 1 saturated heterocycles. The highest BCUT2D eigenvalue weighted by atomic mass is 32.2. The lowest BCUT2D eigenvalue weighted by molar-refractivity contribution is -0.137. The fourth-order valence-electron chi connectivity index (χ4n) is 4.51. The highest BCUT2D eigenvalue weighted by molar-refractivity contribution is 7.95. The van der Waals surface area contributed by atoms with Crippen LogP contribution in [0.25, 0.3) is 11.2 Å². The zero-order valence-corrected chi connectivity index (χ0v) is 32.6. The molecule has 3 rings (SSSR count). The van der Waals surface area contributed by atoms with Crippen molar-refractivity contribution >= 4 is 76.1 Å². The smallest absolute Gasteiger partial charge is 0.391 e. The zero-order valence-electron chi connectivity index (χ0n) is 29.1. The minimum absolute atomic E-state index is 0.0220. The average molecular weight is 868 g/mol. The number of aliphatic hydroxyl groups excluding tert-OH is 2. The van der Waals surface area contributed by atoms with Crippen molar-refractivity contribution in [3.8, 4) is 0 Å². The van der Waals surface area contributed by atoms with Crippen LogP contribution in [-0.4, -0.2) is 129 Å². The quantitative estimate of drug-likeness (QED) is 0.0284. The van der Waals surface area contributed by atoms with Gasteiger partial charge in [0.25, 0.3) is 0 Å². The van der Waals surface area contributed by atoms with Gasteiger partial charge in [-0.25, -0.2) is 28.6 Å². The van der Waals surface area contributed by atoms with Crippen LogP contribution < -0.4 is 16.4 Å². The molecule has 30 heteroatoms. The monoisotopic (exact) mass is 867 g/mol. The number of carbonyl (C=O) groups is 4. The van der Waals surface area contributed by atoms with E-state index in [1.54, 1.807) is 0 Å². The first-order valence-corrected chi connectivity index (χ1v) is 21.1. The van der Waals surface area contributed by atoms with Crippen LogP contribution in [-0.2, 0) is 59.7 Å². The van der Waals surface area contributed by atoms with Gasteiger partial charge in [0.1, 0.15) is 48.5 Å². The summed E-state index contributed by atoms with van der Waals surface area (Å²) in [5, 5.41) is 26.2. The van der Waals surface area contributed by atoms with Crippen LogP contribution in [0, 0.1) is 5.41 Å². The first-order chi connectivity index (χ1) is 25.4. The molecule has 0 spiro atoms. The van der Waals surface area contributed by atoms with Crippen molar-refractivity contribution in [3.63, 3.8) is 0 Å². The number of hydrogen-bond donors (Lipinski definition) is 9. The largest absolute Gasteiger partial charge is 0.481 e. The topological polar surface area (TPSA) is 390 Å². The van der Waals surface area contributed by atoms with Gasteiger partial charge in [0.05, 0.1) is 31.6 Å². The summed E-state index contributed by atoms with van der Waals surface area (Å²) in [6, 6.07) is 0. The van der Waals surface area contributed by atoms with Crippen molar-refractivity contribution in [1.82, 2.24) is 30.2 Å². The van der Waals surface area contributed by atoms with Gasteiger partial charge in [0, 0.05) is 30.7 Å². The predicted molar refractivity (Wildman–Crippen MR) is 183 cm³/mol. The Morgan fingerprint density at radius 1 is 1.05 bits per heavy atom. The van der Waals surface area contributed by atoms with Gasteiger partial charge >= 0.3 is 29.4 Å². The normalized spacial score (nSPS) is 21.7. The van der Waals surface area contributed by atoms with Crippen molar-refractivity contribution in [2.75, 3.05) is 37.8 Å². The van der Waals surface area contributed by atoms with E-state index in [-0.39, 0.29) is 54.4 Å². The molecule has 2 unspecified atom stereocenters. The Balaban J connectivity index is 1.49. The fourth-order valence-corrected chi connectivity index (χ4v) is 7.80. The van der Waals surface area contributed by atoms with Crippen LogP contribution in [0.2, 0.25) is 0 Å². The fraction of sp³-hybridized carbons (Fsp3) is 0.640. The van der Waals surface area contributed by atoms with Gasteiger partial charge in [-0.1, -0.05) is 13.8 Å². The van der Waals surface area contributed by atoms with Gasteiger partial charge in [-0.2, -0.15) is 4.31 Å². The lowest BCUT2D eigenvalue weighted by Crippen LogP contribution is -2.46. The Morgan fingerprint density at radius 3 is 2.38 bits per heavy atom. The number of ether oxygens (including phenoxy) is 1. The number of rotatable bonds is 22. The second-order valence-corrected chi connectivity index (χ2v) is 17.3. The Morgan fingerprint density at radius 2 is 1.73 bits per heavy atom. The summed E-state index contributed by atoms with van der Waals surface area (Å²) in [5.74, 6) is -2.48. The number of imidazole rings is 1. The number of hydrogen-bond acceptors (Lipinski definition) is 20.